The van der Waals surface area contributed by atoms with Crippen molar-refractivity contribution in [3.05, 3.63) is 29.3 Å². The lowest BCUT2D eigenvalue weighted by Gasteiger charge is -2.20. The Hall–Kier alpha value is -1.55. The van der Waals surface area contributed by atoms with Gasteiger partial charge in [0, 0.05) is 12.6 Å². The third-order valence-corrected chi connectivity index (χ3v) is 4.22. The van der Waals surface area contributed by atoms with Crippen LogP contribution < -0.4 is 10.1 Å². The highest BCUT2D eigenvalue weighted by Crippen LogP contribution is 2.25. The summed E-state index contributed by atoms with van der Waals surface area (Å²) in [5, 5.41) is 11.9. The largest absolute Gasteiger partial charge is 0.484 e. The molecule has 21 heavy (non-hydrogen) atoms. The van der Waals surface area contributed by atoms with E-state index in [1.807, 2.05) is 19.9 Å². The van der Waals surface area contributed by atoms with Crippen LogP contribution in [0.3, 0.4) is 0 Å². The van der Waals surface area contributed by atoms with Crippen molar-refractivity contribution in [1.82, 2.24) is 5.32 Å². The topological polar surface area (TPSA) is 58.6 Å². The highest BCUT2D eigenvalue weighted by atomic mass is 16.5. The molecule has 1 amide bonds. The number of hydrogen-bond donors (Lipinski definition) is 2. The van der Waals surface area contributed by atoms with Gasteiger partial charge in [0.2, 0.25) is 0 Å². The Bertz CT molecular complexity index is 487. The maximum Gasteiger partial charge on any atom is 0.258 e. The summed E-state index contributed by atoms with van der Waals surface area (Å²) in [5.41, 5.74) is 2.75. The number of ether oxygens (including phenoxy) is 1. The van der Waals surface area contributed by atoms with Crippen LogP contribution in [0.4, 0.5) is 0 Å². The molecule has 1 aromatic carbocycles. The molecule has 0 heterocycles. The number of aliphatic hydroxyl groups is 1. The van der Waals surface area contributed by atoms with Gasteiger partial charge in [0.05, 0.1) is 0 Å². The van der Waals surface area contributed by atoms with Crippen LogP contribution in [0.25, 0.3) is 0 Å². The van der Waals surface area contributed by atoms with Gasteiger partial charge in [0.15, 0.2) is 6.61 Å². The predicted molar refractivity (Wildman–Crippen MR) is 82.4 cm³/mol. The second kappa shape index (κ2) is 7.46. The van der Waals surface area contributed by atoms with Crippen molar-refractivity contribution < 1.29 is 14.6 Å². The minimum absolute atomic E-state index is 0.0152. The summed E-state index contributed by atoms with van der Waals surface area (Å²) in [6, 6.07) is 6.05. The van der Waals surface area contributed by atoms with E-state index in [0.717, 1.165) is 18.6 Å². The molecule has 0 radical (unpaired) electrons. The highest BCUT2D eigenvalue weighted by Gasteiger charge is 2.15. The highest BCUT2D eigenvalue weighted by molar-refractivity contribution is 5.77. The van der Waals surface area contributed by atoms with Crippen molar-refractivity contribution in [2.75, 3.05) is 13.2 Å². The molecule has 0 spiro atoms. The lowest BCUT2D eigenvalue weighted by atomic mass is 9.92. The maximum absolute atomic E-state index is 11.8. The predicted octanol–water partition coefficient (Wildman–Crippen LogP) is 2.08. The Labute approximate surface area is 126 Å². The molecule has 0 fully saturated rings. The molecule has 2 atom stereocenters. The van der Waals surface area contributed by atoms with Gasteiger partial charge in [0.1, 0.15) is 5.75 Å². The monoisotopic (exact) mass is 291 g/mol. The molecule has 1 aliphatic carbocycles. The fourth-order valence-electron chi connectivity index (χ4n) is 2.54. The summed E-state index contributed by atoms with van der Waals surface area (Å²) in [6.45, 7) is 3.86. The Morgan fingerprint density at radius 3 is 2.71 bits per heavy atom. The van der Waals surface area contributed by atoms with Crippen LogP contribution in [0.5, 0.6) is 5.75 Å². The maximum atomic E-state index is 11.8. The quantitative estimate of drug-likeness (QED) is 0.843. The van der Waals surface area contributed by atoms with Crippen molar-refractivity contribution >= 4 is 5.91 Å². The van der Waals surface area contributed by atoms with E-state index in [1.165, 1.54) is 24.0 Å². The Morgan fingerprint density at radius 1 is 1.29 bits per heavy atom. The number of benzene rings is 1. The zero-order valence-corrected chi connectivity index (χ0v) is 12.9. The number of amides is 1. The van der Waals surface area contributed by atoms with Crippen LogP contribution in [0, 0.1) is 5.92 Å². The molecular formula is C17H25NO3. The zero-order valence-electron chi connectivity index (χ0n) is 12.9. The second-order valence-electron chi connectivity index (χ2n) is 5.94. The molecule has 0 aliphatic heterocycles. The van der Waals surface area contributed by atoms with Crippen molar-refractivity contribution in [2.24, 2.45) is 5.92 Å². The van der Waals surface area contributed by atoms with Crippen molar-refractivity contribution in [1.29, 1.82) is 0 Å². The normalized spacial score (nSPS) is 16.7. The minimum atomic E-state index is -0.152. The summed E-state index contributed by atoms with van der Waals surface area (Å²) >= 11 is 0. The fourth-order valence-corrected chi connectivity index (χ4v) is 2.54. The molecule has 2 rings (SSSR count). The Balaban J connectivity index is 1.84. The number of nitrogens with one attached hydrogen (secondary N) is 1. The molecule has 0 bridgehead atoms. The van der Waals surface area contributed by atoms with Gasteiger partial charge in [-0.05, 0) is 61.8 Å². The molecule has 0 saturated heterocycles. The molecule has 1 aromatic rings. The second-order valence-corrected chi connectivity index (χ2v) is 5.94. The van der Waals surface area contributed by atoms with Crippen molar-refractivity contribution in [3.8, 4) is 5.75 Å². The molecule has 4 heteroatoms. The van der Waals surface area contributed by atoms with Crippen LogP contribution in [-0.4, -0.2) is 30.3 Å². The van der Waals surface area contributed by atoms with Gasteiger partial charge < -0.3 is 15.2 Å². The number of aliphatic hydroxyl groups excluding tert-OH is 1. The average Bonchev–Trinajstić information content (AvgIpc) is 2.51. The van der Waals surface area contributed by atoms with Gasteiger partial charge in [-0.2, -0.15) is 0 Å². The third kappa shape index (κ3) is 4.46. The summed E-state index contributed by atoms with van der Waals surface area (Å²) in [6.07, 6.45) is 4.74. The average molecular weight is 291 g/mol. The number of fused-ring (bicyclic) bond motifs is 1. The lowest BCUT2D eigenvalue weighted by molar-refractivity contribution is -0.124. The molecule has 2 unspecified atom stereocenters. The summed E-state index contributed by atoms with van der Waals surface area (Å²) in [5.74, 6) is 0.645. The smallest absolute Gasteiger partial charge is 0.258 e. The molecule has 0 aromatic heterocycles. The van der Waals surface area contributed by atoms with Crippen LogP contribution in [0.15, 0.2) is 18.2 Å². The molecule has 2 N–H and O–H groups in total. The van der Waals surface area contributed by atoms with E-state index in [4.69, 9.17) is 9.84 Å². The van der Waals surface area contributed by atoms with Gasteiger partial charge in [0.25, 0.3) is 5.91 Å². The number of carbonyl (C=O) groups excluding carboxylic acids is 1. The fraction of sp³-hybridized carbons (Fsp3) is 0.588. The first-order valence-electron chi connectivity index (χ1n) is 7.75. The van der Waals surface area contributed by atoms with Crippen LogP contribution in [-0.2, 0) is 17.6 Å². The minimum Gasteiger partial charge on any atom is -0.484 e. The van der Waals surface area contributed by atoms with E-state index in [1.54, 1.807) is 0 Å². The van der Waals surface area contributed by atoms with Crippen molar-refractivity contribution in [2.45, 2.75) is 45.6 Å². The van der Waals surface area contributed by atoms with Crippen LogP contribution in [0.1, 0.15) is 37.8 Å². The van der Waals surface area contributed by atoms with E-state index in [0.29, 0.717) is 0 Å². The van der Waals surface area contributed by atoms with Crippen LogP contribution in [0.2, 0.25) is 0 Å². The zero-order chi connectivity index (χ0) is 15.2. The van der Waals surface area contributed by atoms with Gasteiger partial charge in [-0.25, -0.2) is 0 Å². The summed E-state index contributed by atoms with van der Waals surface area (Å²) < 4.78 is 5.57. The van der Waals surface area contributed by atoms with E-state index in [2.05, 4.69) is 17.4 Å². The van der Waals surface area contributed by atoms with Gasteiger partial charge in [-0.1, -0.05) is 13.0 Å². The van der Waals surface area contributed by atoms with Gasteiger partial charge in [-0.3, -0.25) is 4.79 Å². The Morgan fingerprint density at radius 2 is 2.00 bits per heavy atom. The Kier molecular flexibility index (Phi) is 5.62. The van der Waals surface area contributed by atoms with Crippen LogP contribution >= 0.6 is 0 Å². The molecule has 0 saturated carbocycles. The summed E-state index contributed by atoms with van der Waals surface area (Å²) in [7, 11) is 0. The number of carbonyl (C=O) groups is 1. The standard InChI is InChI=1S/C17H25NO3/c1-12(10-19)13(2)18-17(20)11-21-16-8-7-14-5-3-4-6-15(14)9-16/h7-9,12-13,19H,3-6,10-11H2,1-2H3,(H,18,20). The molecule has 116 valence electrons. The van der Waals surface area contributed by atoms with E-state index < -0.39 is 0 Å². The summed E-state index contributed by atoms with van der Waals surface area (Å²) in [4.78, 5) is 11.8. The first-order valence-corrected chi connectivity index (χ1v) is 7.75. The van der Waals surface area contributed by atoms with Gasteiger partial charge >= 0.3 is 0 Å². The lowest BCUT2D eigenvalue weighted by Crippen LogP contribution is -2.40. The number of hydrogen-bond acceptors (Lipinski definition) is 3. The van der Waals surface area contributed by atoms with E-state index in [9.17, 15) is 4.79 Å². The third-order valence-electron chi connectivity index (χ3n) is 4.22. The van der Waals surface area contributed by atoms with E-state index >= 15 is 0 Å². The molecule has 4 nitrogen and oxygen atoms in total. The first-order chi connectivity index (χ1) is 10.1. The first kappa shape index (κ1) is 15.8. The number of aryl methyl sites for hydroxylation is 2. The molecule has 1 aliphatic rings. The van der Waals surface area contributed by atoms with E-state index in [-0.39, 0.29) is 31.1 Å². The van der Waals surface area contributed by atoms with Crippen molar-refractivity contribution in [3.63, 3.8) is 0 Å². The number of rotatable bonds is 6. The molecular weight excluding hydrogens is 266 g/mol. The SMILES string of the molecule is CC(CO)C(C)NC(=O)COc1ccc2c(c1)CCCC2. The van der Waals surface area contributed by atoms with Gasteiger partial charge in [-0.15, -0.1) is 0 Å².